The van der Waals surface area contributed by atoms with E-state index < -0.39 is 0 Å². The third-order valence-electron chi connectivity index (χ3n) is 3.46. The van der Waals surface area contributed by atoms with Crippen molar-refractivity contribution >= 4 is 0 Å². The summed E-state index contributed by atoms with van der Waals surface area (Å²) in [7, 11) is 0. The summed E-state index contributed by atoms with van der Waals surface area (Å²) in [5.41, 5.74) is 3.18. The van der Waals surface area contributed by atoms with Gasteiger partial charge in [-0.05, 0) is 42.4 Å². The van der Waals surface area contributed by atoms with Crippen molar-refractivity contribution in [2.24, 2.45) is 5.41 Å². The molecule has 1 aromatic rings. The van der Waals surface area contributed by atoms with Crippen LogP contribution in [0.3, 0.4) is 0 Å². The van der Waals surface area contributed by atoms with E-state index in [1.165, 1.54) is 5.57 Å². The topological polar surface area (TPSA) is 23.8 Å². The predicted octanol–water partition coefficient (Wildman–Crippen LogP) is 4.65. The van der Waals surface area contributed by atoms with E-state index >= 15 is 0 Å². The minimum Gasteiger partial charge on any atom is -0.192 e. The van der Waals surface area contributed by atoms with Gasteiger partial charge in [-0.25, -0.2) is 0 Å². The first-order chi connectivity index (χ1) is 8.53. The molecule has 0 heterocycles. The van der Waals surface area contributed by atoms with Crippen molar-refractivity contribution in [1.29, 1.82) is 5.26 Å². The zero-order valence-corrected chi connectivity index (χ0v) is 11.4. The summed E-state index contributed by atoms with van der Waals surface area (Å²) in [5, 5.41) is 8.87. The minimum absolute atomic E-state index is 0.129. The number of nitriles is 1. The van der Waals surface area contributed by atoms with Gasteiger partial charge in [0, 0.05) is 0 Å². The van der Waals surface area contributed by atoms with Crippen LogP contribution in [0.1, 0.15) is 37.8 Å². The number of allylic oxidation sites excluding steroid dienone is 2. The lowest BCUT2D eigenvalue weighted by Gasteiger charge is -2.25. The molecule has 0 fully saturated rings. The minimum atomic E-state index is 0.129. The van der Waals surface area contributed by atoms with Gasteiger partial charge in [0.05, 0.1) is 11.6 Å². The molecule has 0 N–H and O–H groups in total. The summed E-state index contributed by atoms with van der Waals surface area (Å²) >= 11 is 0. The smallest absolute Gasteiger partial charge is 0.0991 e. The maximum atomic E-state index is 8.87. The molecule has 1 atom stereocenters. The van der Waals surface area contributed by atoms with Crippen molar-refractivity contribution in [3.05, 3.63) is 60.2 Å². The lowest BCUT2D eigenvalue weighted by Crippen LogP contribution is -2.12. The molecule has 1 rings (SSSR count). The number of hydrogen-bond acceptors (Lipinski definition) is 1. The molecule has 0 amide bonds. The Morgan fingerprint density at radius 1 is 1.50 bits per heavy atom. The summed E-state index contributed by atoms with van der Waals surface area (Å²) in [4.78, 5) is 0. The van der Waals surface area contributed by atoms with Gasteiger partial charge in [-0.3, -0.25) is 0 Å². The van der Waals surface area contributed by atoms with Gasteiger partial charge in [0.15, 0.2) is 0 Å². The van der Waals surface area contributed by atoms with E-state index in [4.69, 9.17) is 5.26 Å². The van der Waals surface area contributed by atoms with E-state index in [9.17, 15) is 0 Å². The number of nitrogens with zero attached hydrogens (tertiary/aromatic N) is 1. The molecular formula is C17H21N. The average Bonchev–Trinajstić information content (AvgIpc) is 2.38. The molecule has 0 saturated carbocycles. The van der Waals surface area contributed by atoms with E-state index in [1.807, 2.05) is 30.3 Å². The molecule has 0 saturated heterocycles. The molecule has 0 radical (unpaired) electrons. The van der Waals surface area contributed by atoms with Crippen LogP contribution in [-0.4, -0.2) is 0 Å². The van der Waals surface area contributed by atoms with Gasteiger partial charge in [-0.2, -0.15) is 5.26 Å². The van der Waals surface area contributed by atoms with E-state index in [0.717, 1.165) is 24.8 Å². The standard InChI is InChI=1S/C17H21N/c1-5-17(4,6-2)12-14(3)10-15-8-7-9-16(11-15)13-18/h5,7-9,11H,1,3,6,10,12H2,2,4H3. The third kappa shape index (κ3) is 3.89. The Balaban J connectivity index is 2.70. The zero-order valence-electron chi connectivity index (χ0n) is 11.4. The summed E-state index contributed by atoms with van der Waals surface area (Å²) in [6.07, 6.45) is 4.86. The van der Waals surface area contributed by atoms with Crippen molar-refractivity contribution in [1.82, 2.24) is 0 Å². The van der Waals surface area contributed by atoms with Crippen molar-refractivity contribution < 1.29 is 0 Å². The van der Waals surface area contributed by atoms with E-state index in [2.05, 4.69) is 33.1 Å². The molecule has 94 valence electrons. The summed E-state index contributed by atoms with van der Waals surface area (Å²) in [6.45, 7) is 12.4. The first-order valence-electron chi connectivity index (χ1n) is 6.32. The first-order valence-corrected chi connectivity index (χ1v) is 6.32. The fourth-order valence-corrected chi connectivity index (χ4v) is 2.01. The van der Waals surface area contributed by atoms with Gasteiger partial charge in [-0.1, -0.05) is 44.2 Å². The second-order valence-corrected chi connectivity index (χ2v) is 5.13. The maximum absolute atomic E-state index is 8.87. The molecule has 1 heteroatoms. The molecule has 1 aromatic carbocycles. The Morgan fingerprint density at radius 3 is 2.78 bits per heavy atom. The van der Waals surface area contributed by atoms with Crippen LogP contribution in [0.15, 0.2) is 49.1 Å². The largest absolute Gasteiger partial charge is 0.192 e. The highest BCUT2D eigenvalue weighted by Crippen LogP contribution is 2.31. The van der Waals surface area contributed by atoms with Crippen LogP contribution in [-0.2, 0) is 6.42 Å². The normalized spacial score (nSPS) is 13.4. The highest BCUT2D eigenvalue weighted by molar-refractivity contribution is 5.34. The van der Waals surface area contributed by atoms with Crippen LogP contribution >= 0.6 is 0 Å². The zero-order chi connectivity index (χ0) is 13.6. The van der Waals surface area contributed by atoms with Gasteiger partial charge in [0.2, 0.25) is 0 Å². The van der Waals surface area contributed by atoms with Crippen molar-refractivity contribution in [3.8, 4) is 6.07 Å². The average molecular weight is 239 g/mol. The molecule has 1 nitrogen and oxygen atoms in total. The Hall–Kier alpha value is -1.81. The van der Waals surface area contributed by atoms with Crippen LogP contribution in [0, 0.1) is 16.7 Å². The molecular weight excluding hydrogens is 218 g/mol. The highest BCUT2D eigenvalue weighted by Gasteiger charge is 2.18. The Bertz CT molecular complexity index is 479. The van der Waals surface area contributed by atoms with Crippen molar-refractivity contribution in [2.45, 2.75) is 33.1 Å². The quantitative estimate of drug-likeness (QED) is 0.663. The van der Waals surface area contributed by atoms with E-state index in [0.29, 0.717) is 5.56 Å². The van der Waals surface area contributed by atoms with Gasteiger partial charge in [-0.15, -0.1) is 6.58 Å². The lowest BCUT2D eigenvalue weighted by atomic mass is 9.80. The summed E-state index contributed by atoms with van der Waals surface area (Å²) in [6, 6.07) is 9.89. The van der Waals surface area contributed by atoms with Crippen LogP contribution < -0.4 is 0 Å². The number of benzene rings is 1. The Labute approximate surface area is 110 Å². The SMILES string of the molecule is C=CC(C)(CC)CC(=C)Cc1cccc(C#N)c1. The Kier molecular flexibility index (Phi) is 4.92. The fourth-order valence-electron chi connectivity index (χ4n) is 2.01. The van der Waals surface area contributed by atoms with Crippen LogP contribution in [0.25, 0.3) is 0 Å². The predicted molar refractivity (Wildman–Crippen MR) is 77.2 cm³/mol. The van der Waals surface area contributed by atoms with Gasteiger partial charge in [0.1, 0.15) is 0 Å². The number of hydrogen-bond donors (Lipinski definition) is 0. The van der Waals surface area contributed by atoms with Gasteiger partial charge in [0.25, 0.3) is 0 Å². The molecule has 0 bridgehead atoms. The highest BCUT2D eigenvalue weighted by atomic mass is 14.2. The molecule has 0 aliphatic heterocycles. The molecule has 0 aliphatic carbocycles. The lowest BCUT2D eigenvalue weighted by molar-refractivity contribution is 0.405. The monoisotopic (exact) mass is 239 g/mol. The molecule has 18 heavy (non-hydrogen) atoms. The summed E-state index contributed by atoms with van der Waals surface area (Å²) < 4.78 is 0. The second-order valence-electron chi connectivity index (χ2n) is 5.13. The Morgan fingerprint density at radius 2 is 2.22 bits per heavy atom. The van der Waals surface area contributed by atoms with Gasteiger partial charge >= 0.3 is 0 Å². The fraction of sp³-hybridized carbons (Fsp3) is 0.353. The first kappa shape index (κ1) is 14.3. The second kappa shape index (κ2) is 6.21. The van der Waals surface area contributed by atoms with Gasteiger partial charge < -0.3 is 0 Å². The van der Waals surface area contributed by atoms with Crippen LogP contribution in [0.4, 0.5) is 0 Å². The maximum Gasteiger partial charge on any atom is 0.0991 e. The van der Waals surface area contributed by atoms with Crippen LogP contribution in [0.2, 0.25) is 0 Å². The van der Waals surface area contributed by atoms with Crippen molar-refractivity contribution in [2.75, 3.05) is 0 Å². The molecule has 0 spiro atoms. The molecule has 1 unspecified atom stereocenters. The van der Waals surface area contributed by atoms with Crippen molar-refractivity contribution in [3.63, 3.8) is 0 Å². The van der Waals surface area contributed by atoms with Crippen LogP contribution in [0.5, 0.6) is 0 Å². The molecule has 0 aromatic heterocycles. The number of rotatable bonds is 6. The molecule has 0 aliphatic rings. The summed E-state index contributed by atoms with van der Waals surface area (Å²) in [5.74, 6) is 0. The van der Waals surface area contributed by atoms with E-state index in [1.54, 1.807) is 0 Å². The van der Waals surface area contributed by atoms with E-state index in [-0.39, 0.29) is 5.41 Å². The third-order valence-corrected chi connectivity index (χ3v) is 3.46.